The van der Waals surface area contributed by atoms with E-state index in [0.29, 0.717) is 19.1 Å². The van der Waals surface area contributed by atoms with Crippen LogP contribution in [-0.4, -0.2) is 48.4 Å². The molecule has 0 unspecified atom stereocenters. The standard InChI is InChI=1S/C28H28N2O3/c31-27(30-14-12-20(13-15-30)28-32-16-17-33-28)25-22-8-4-5-9-24(22)29-26-21(10-11-23(25)26)18-19-6-2-1-3-7-19/h1-9,18,20,28H,10-17H2/b21-18-. The molecule has 2 saturated heterocycles. The third-order valence-electron chi connectivity index (χ3n) is 7.16. The predicted molar refractivity (Wildman–Crippen MR) is 129 cm³/mol. The molecule has 33 heavy (non-hydrogen) atoms. The minimum atomic E-state index is -0.0982. The van der Waals surface area contributed by atoms with Gasteiger partial charge >= 0.3 is 0 Å². The molecule has 0 radical (unpaired) electrons. The second-order valence-corrected chi connectivity index (χ2v) is 9.15. The summed E-state index contributed by atoms with van der Waals surface area (Å²) < 4.78 is 11.4. The second kappa shape index (κ2) is 8.73. The van der Waals surface area contributed by atoms with Crippen molar-refractivity contribution in [2.24, 2.45) is 5.92 Å². The summed E-state index contributed by atoms with van der Waals surface area (Å²) in [4.78, 5) is 20.9. The molecular formula is C28H28N2O3. The van der Waals surface area contributed by atoms with Crippen molar-refractivity contribution in [3.05, 3.63) is 77.0 Å². The molecule has 1 amide bonds. The van der Waals surface area contributed by atoms with Gasteiger partial charge in [-0.25, -0.2) is 4.98 Å². The number of nitrogens with zero attached hydrogens (tertiary/aromatic N) is 2. The van der Waals surface area contributed by atoms with Crippen molar-refractivity contribution in [1.29, 1.82) is 0 Å². The lowest BCUT2D eigenvalue weighted by molar-refractivity contribution is -0.0956. The fourth-order valence-electron chi connectivity index (χ4n) is 5.46. The fraction of sp³-hybridized carbons (Fsp3) is 0.357. The SMILES string of the molecule is O=C(c1c2c(nc3ccccc13)/C(=C\c1ccccc1)CC2)N1CCC(C2OCCO2)CC1. The summed E-state index contributed by atoms with van der Waals surface area (Å²) in [6, 6.07) is 18.4. The van der Waals surface area contributed by atoms with Crippen LogP contribution in [0.3, 0.4) is 0 Å². The molecule has 6 rings (SSSR count). The number of benzene rings is 2. The highest BCUT2D eigenvalue weighted by Gasteiger charge is 2.34. The van der Waals surface area contributed by atoms with Crippen molar-refractivity contribution in [2.45, 2.75) is 32.0 Å². The number of allylic oxidation sites excluding steroid dienone is 1. The first kappa shape index (κ1) is 20.6. The molecule has 1 aliphatic carbocycles. The van der Waals surface area contributed by atoms with Gasteiger partial charge in [0, 0.05) is 24.4 Å². The number of hydrogen-bond donors (Lipinski definition) is 0. The number of ether oxygens (including phenoxy) is 2. The van der Waals surface area contributed by atoms with E-state index in [1.54, 1.807) is 0 Å². The average molecular weight is 441 g/mol. The van der Waals surface area contributed by atoms with Gasteiger partial charge in [0.15, 0.2) is 6.29 Å². The van der Waals surface area contributed by atoms with Crippen LogP contribution < -0.4 is 0 Å². The molecule has 0 atom stereocenters. The molecule has 2 aliphatic heterocycles. The number of pyridine rings is 1. The van der Waals surface area contributed by atoms with Crippen LogP contribution in [0.5, 0.6) is 0 Å². The molecule has 5 heteroatoms. The van der Waals surface area contributed by atoms with Gasteiger partial charge in [0.1, 0.15) is 0 Å². The first-order valence-corrected chi connectivity index (χ1v) is 12.0. The van der Waals surface area contributed by atoms with Crippen LogP contribution in [0.2, 0.25) is 0 Å². The zero-order chi connectivity index (χ0) is 22.2. The summed E-state index contributed by atoms with van der Waals surface area (Å²) in [6.07, 6.45) is 5.72. The van der Waals surface area contributed by atoms with E-state index in [-0.39, 0.29) is 12.2 Å². The quantitative estimate of drug-likeness (QED) is 0.579. The van der Waals surface area contributed by atoms with Crippen LogP contribution in [0, 0.1) is 5.92 Å². The maximum Gasteiger partial charge on any atom is 0.254 e. The van der Waals surface area contributed by atoms with Crippen molar-refractivity contribution in [3.8, 4) is 0 Å². The van der Waals surface area contributed by atoms with Gasteiger partial charge in [-0.15, -0.1) is 0 Å². The number of carbonyl (C=O) groups is 1. The minimum Gasteiger partial charge on any atom is -0.350 e. The van der Waals surface area contributed by atoms with Gasteiger partial charge in [0.25, 0.3) is 5.91 Å². The van der Waals surface area contributed by atoms with Crippen LogP contribution in [0.15, 0.2) is 54.6 Å². The van der Waals surface area contributed by atoms with Gasteiger partial charge in [-0.3, -0.25) is 4.79 Å². The lowest BCUT2D eigenvalue weighted by Crippen LogP contribution is -2.41. The lowest BCUT2D eigenvalue weighted by atomic mass is 9.94. The lowest BCUT2D eigenvalue weighted by Gasteiger charge is -2.34. The van der Waals surface area contributed by atoms with Crippen LogP contribution >= 0.6 is 0 Å². The first-order valence-electron chi connectivity index (χ1n) is 12.0. The van der Waals surface area contributed by atoms with E-state index in [4.69, 9.17) is 14.5 Å². The first-order chi connectivity index (χ1) is 16.3. The summed E-state index contributed by atoms with van der Waals surface area (Å²) in [5.41, 5.74) is 6.21. The van der Waals surface area contributed by atoms with Crippen LogP contribution in [0.1, 0.15) is 46.4 Å². The summed E-state index contributed by atoms with van der Waals surface area (Å²) >= 11 is 0. The van der Waals surface area contributed by atoms with E-state index in [1.807, 2.05) is 35.2 Å². The Hall–Kier alpha value is -3.02. The molecule has 3 aliphatic rings. The Labute approximate surface area is 194 Å². The number of likely N-dealkylation sites (tertiary alicyclic amines) is 1. The van der Waals surface area contributed by atoms with E-state index in [0.717, 1.165) is 66.5 Å². The van der Waals surface area contributed by atoms with E-state index >= 15 is 0 Å². The number of rotatable bonds is 3. The molecule has 0 N–H and O–H groups in total. The monoisotopic (exact) mass is 440 g/mol. The highest BCUT2D eigenvalue weighted by molar-refractivity contribution is 6.09. The van der Waals surface area contributed by atoms with Crippen molar-refractivity contribution in [3.63, 3.8) is 0 Å². The van der Waals surface area contributed by atoms with Gasteiger partial charge in [0.05, 0.1) is 30.0 Å². The van der Waals surface area contributed by atoms with Gasteiger partial charge < -0.3 is 14.4 Å². The summed E-state index contributed by atoms with van der Waals surface area (Å²) in [5.74, 6) is 0.509. The molecule has 1 aromatic heterocycles. The number of piperidine rings is 1. The fourth-order valence-corrected chi connectivity index (χ4v) is 5.46. The van der Waals surface area contributed by atoms with Gasteiger partial charge in [0.2, 0.25) is 0 Å². The number of para-hydroxylation sites is 1. The number of hydrogen-bond acceptors (Lipinski definition) is 4. The Bertz CT molecular complexity index is 1210. The van der Waals surface area contributed by atoms with Gasteiger partial charge in [-0.05, 0) is 54.5 Å². The Kier molecular flexibility index (Phi) is 5.44. The Morgan fingerprint density at radius 1 is 0.939 bits per heavy atom. The second-order valence-electron chi connectivity index (χ2n) is 9.15. The molecule has 2 aromatic carbocycles. The van der Waals surface area contributed by atoms with E-state index in [9.17, 15) is 4.79 Å². The van der Waals surface area contributed by atoms with E-state index < -0.39 is 0 Å². The van der Waals surface area contributed by atoms with Crippen LogP contribution in [0.4, 0.5) is 0 Å². The molecule has 5 nitrogen and oxygen atoms in total. The summed E-state index contributed by atoms with van der Waals surface area (Å²) in [5, 5.41) is 0.965. The zero-order valence-corrected chi connectivity index (χ0v) is 18.7. The van der Waals surface area contributed by atoms with Crippen molar-refractivity contribution < 1.29 is 14.3 Å². The van der Waals surface area contributed by atoms with E-state index in [1.165, 1.54) is 11.1 Å². The third-order valence-corrected chi connectivity index (χ3v) is 7.16. The maximum absolute atomic E-state index is 13.9. The molecule has 3 heterocycles. The summed E-state index contributed by atoms with van der Waals surface area (Å²) in [6.45, 7) is 2.84. The average Bonchev–Trinajstić information content (AvgIpc) is 3.54. The minimum absolute atomic E-state index is 0.0982. The van der Waals surface area contributed by atoms with Crippen molar-refractivity contribution in [1.82, 2.24) is 9.88 Å². The van der Waals surface area contributed by atoms with Crippen LogP contribution in [0.25, 0.3) is 22.6 Å². The highest BCUT2D eigenvalue weighted by Crippen LogP contribution is 2.38. The van der Waals surface area contributed by atoms with Crippen molar-refractivity contribution >= 4 is 28.5 Å². The number of carbonyl (C=O) groups excluding carboxylic acids is 1. The summed E-state index contributed by atoms with van der Waals surface area (Å²) in [7, 11) is 0. The molecule has 2 fully saturated rings. The van der Waals surface area contributed by atoms with Gasteiger partial charge in [-0.2, -0.15) is 0 Å². The Morgan fingerprint density at radius 3 is 2.45 bits per heavy atom. The maximum atomic E-state index is 13.9. The highest BCUT2D eigenvalue weighted by atomic mass is 16.7. The Morgan fingerprint density at radius 2 is 1.67 bits per heavy atom. The Balaban J connectivity index is 1.34. The van der Waals surface area contributed by atoms with Gasteiger partial charge in [-0.1, -0.05) is 48.5 Å². The van der Waals surface area contributed by atoms with Crippen LogP contribution in [-0.2, 0) is 15.9 Å². The molecule has 3 aromatic rings. The molecule has 0 bridgehead atoms. The number of fused-ring (bicyclic) bond motifs is 2. The van der Waals surface area contributed by atoms with Crippen molar-refractivity contribution in [2.75, 3.05) is 26.3 Å². The third kappa shape index (κ3) is 3.85. The molecule has 168 valence electrons. The number of amides is 1. The zero-order valence-electron chi connectivity index (χ0n) is 18.7. The van der Waals surface area contributed by atoms with E-state index in [2.05, 4.69) is 30.3 Å². The smallest absolute Gasteiger partial charge is 0.254 e. The number of aromatic nitrogens is 1. The predicted octanol–water partition coefficient (Wildman–Crippen LogP) is 4.95. The topological polar surface area (TPSA) is 51.7 Å². The largest absolute Gasteiger partial charge is 0.350 e. The molecule has 0 saturated carbocycles. The molecule has 0 spiro atoms. The molecular weight excluding hydrogens is 412 g/mol. The normalized spacial score (nSPS) is 20.6.